The van der Waals surface area contributed by atoms with Crippen molar-refractivity contribution in [2.45, 2.75) is 50.7 Å². The van der Waals surface area contributed by atoms with Gasteiger partial charge in [-0.15, -0.1) is 0 Å². The highest BCUT2D eigenvalue weighted by Gasteiger charge is 2.24. The molecule has 3 heteroatoms. The van der Waals surface area contributed by atoms with Crippen LogP contribution in [0.3, 0.4) is 0 Å². The van der Waals surface area contributed by atoms with E-state index in [1.165, 1.54) is 45.3 Å². The summed E-state index contributed by atoms with van der Waals surface area (Å²) in [5.41, 5.74) is 0. The van der Waals surface area contributed by atoms with E-state index in [4.69, 9.17) is 0 Å². The second kappa shape index (κ2) is 5.83. The third-order valence-corrected chi connectivity index (χ3v) is 3.74. The Morgan fingerprint density at radius 3 is 2.60 bits per heavy atom. The number of nitrogens with zero attached hydrogens (tertiary/aromatic N) is 1. The van der Waals surface area contributed by atoms with E-state index in [9.17, 15) is 5.11 Å². The van der Waals surface area contributed by atoms with Crippen LogP contribution in [0.5, 0.6) is 0 Å². The average Bonchev–Trinajstić information content (AvgIpc) is 2.85. The first-order valence-corrected chi connectivity index (χ1v) is 6.50. The number of nitrogens with one attached hydrogen (secondary N) is 1. The maximum absolute atomic E-state index is 9.63. The molecule has 1 saturated carbocycles. The van der Waals surface area contributed by atoms with Crippen molar-refractivity contribution in [2.75, 3.05) is 26.2 Å². The number of hydrogen-bond donors (Lipinski definition) is 2. The molecule has 1 heterocycles. The Morgan fingerprint density at radius 1 is 1.13 bits per heavy atom. The van der Waals surface area contributed by atoms with Crippen LogP contribution in [0.2, 0.25) is 0 Å². The minimum Gasteiger partial charge on any atom is -0.392 e. The van der Waals surface area contributed by atoms with Gasteiger partial charge in [0.2, 0.25) is 0 Å². The predicted octanol–water partition coefficient (Wildman–Crippen LogP) is 0.975. The first kappa shape index (κ1) is 11.4. The second-order valence-corrected chi connectivity index (χ2v) is 4.96. The summed E-state index contributed by atoms with van der Waals surface area (Å²) in [7, 11) is 0. The number of likely N-dealkylation sites (tertiary alicyclic amines) is 1. The fourth-order valence-corrected chi connectivity index (χ4v) is 2.77. The van der Waals surface area contributed by atoms with Crippen molar-refractivity contribution < 1.29 is 5.11 Å². The van der Waals surface area contributed by atoms with E-state index in [0.717, 1.165) is 19.4 Å². The number of aliphatic hydroxyl groups excluding tert-OH is 1. The lowest BCUT2D eigenvalue weighted by Crippen LogP contribution is -2.37. The summed E-state index contributed by atoms with van der Waals surface area (Å²) in [6.45, 7) is 4.89. The molecule has 2 N–H and O–H groups in total. The lowest BCUT2D eigenvalue weighted by Gasteiger charge is -2.18. The molecule has 0 radical (unpaired) electrons. The van der Waals surface area contributed by atoms with E-state index >= 15 is 0 Å². The molecule has 0 amide bonds. The Bertz CT molecular complexity index is 180. The smallest absolute Gasteiger partial charge is 0.0693 e. The Labute approximate surface area is 92.8 Å². The third kappa shape index (κ3) is 3.44. The Hall–Kier alpha value is -0.120. The van der Waals surface area contributed by atoms with Gasteiger partial charge in [0.05, 0.1) is 6.10 Å². The molecule has 0 bridgehead atoms. The van der Waals surface area contributed by atoms with Gasteiger partial charge in [0, 0.05) is 6.04 Å². The van der Waals surface area contributed by atoms with Crippen molar-refractivity contribution in [3.05, 3.63) is 0 Å². The molecule has 0 aromatic rings. The van der Waals surface area contributed by atoms with Crippen LogP contribution in [0.25, 0.3) is 0 Å². The van der Waals surface area contributed by atoms with E-state index in [2.05, 4.69) is 10.2 Å². The Balaban J connectivity index is 1.51. The number of hydrogen-bond acceptors (Lipinski definition) is 3. The van der Waals surface area contributed by atoms with Crippen LogP contribution in [0.15, 0.2) is 0 Å². The van der Waals surface area contributed by atoms with Crippen molar-refractivity contribution in [3.8, 4) is 0 Å². The van der Waals surface area contributed by atoms with Crippen LogP contribution in [0, 0.1) is 0 Å². The molecular weight excluding hydrogens is 188 g/mol. The van der Waals surface area contributed by atoms with Gasteiger partial charge in [0.25, 0.3) is 0 Å². The Kier molecular flexibility index (Phi) is 4.42. The lowest BCUT2D eigenvalue weighted by atomic mass is 10.2. The highest BCUT2D eigenvalue weighted by molar-refractivity contribution is 4.82. The van der Waals surface area contributed by atoms with Crippen molar-refractivity contribution >= 4 is 0 Å². The third-order valence-electron chi connectivity index (χ3n) is 3.74. The van der Waals surface area contributed by atoms with E-state index in [1.807, 2.05) is 0 Å². The molecule has 2 rings (SSSR count). The van der Waals surface area contributed by atoms with Crippen LogP contribution < -0.4 is 5.32 Å². The zero-order chi connectivity index (χ0) is 10.5. The quantitative estimate of drug-likeness (QED) is 0.667. The van der Waals surface area contributed by atoms with E-state index in [1.54, 1.807) is 0 Å². The predicted molar refractivity (Wildman–Crippen MR) is 61.9 cm³/mol. The summed E-state index contributed by atoms with van der Waals surface area (Å²) < 4.78 is 0. The largest absolute Gasteiger partial charge is 0.392 e. The van der Waals surface area contributed by atoms with Gasteiger partial charge in [-0.1, -0.05) is 0 Å². The first-order valence-electron chi connectivity index (χ1n) is 6.50. The maximum Gasteiger partial charge on any atom is 0.0693 e. The normalized spacial score (nSPS) is 32.6. The summed E-state index contributed by atoms with van der Waals surface area (Å²) in [4.78, 5) is 2.55. The zero-order valence-corrected chi connectivity index (χ0v) is 9.62. The van der Waals surface area contributed by atoms with Crippen LogP contribution in [0.1, 0.15) is 38.5 Å². The number of aliphatic hydroxyl groups is 1. The highest BCUT2D eigenvalue weighted by Crippen LogP contribution is 2.18. The highest BCUT2D eigenvalue weighted by atomic mass is 16.3. The number of rotatable bonds is 5. The van der Waals surface area contributed by atoms with Crippen molar-refractivity contribution in [1.82, 2.24) is 10.2 Å². The van der Waals surface area contributed by atoms with Gasteiger partial charge in [0.15, 0.2) is 0 Å². The molecule has 3 nitrogen and oxygen atoms in total. The van der Waals surface area contributed by atoms with Crippen LogP contribution in [0.4, 0.5) is 0 Å². The standard InChI is InChI=1S/C12H24N2O/c15-12-6-3-5-11(12)13-7-4-10-14-8-1-2-9-14/h11-13,15H,1-10H2/t11-,12-/m1/s1. The molecule has 0 aromatic carbocycles. The van der Waals surface area contributed by atoms with Gasteiger partial charge in [0.1, 0.15) is 0 Å². The molecule has 2 aliphatic rings. The molecule has 1 aliphatic heterocycles. The second-order valence-electron chi connectivity index (χ2n) is 4.96. The molecule has 15 heavy (non-hydrogen) atoms. The van der Waals surface area contributed by atoms with Gasteiger partial charge >= 0.3 is 0 Å². The monoisotopic (exact) mass is 212 g/mol. The van der Waals surface area contributed by atoms with Crippen LogP contribution in [-0.2, 0) is 0 Å². The van der Waals surface area contributed by atoms with Crippen molar-refractivity contribution in [1.29, 1.82) is 0 Å². The molecule has 2 fully saturated rings. The van der Waals surface area contributed by atoms with Gasteiger partial charge in [-0.05, 0) is 64.7 Å². The van der Waals surface area contributed by atoms with E-state index in [0.29, 0.717) is 6.04 Å². The van der Waals surface area contributed by atoms with Gasteiger partial charge in [-0.25, -0.2) is 0 Å². The summed E-state index contributed by atoms with van der Waals surface area (Å²) in [6.07, 6.45) is 7.24. The summed E-state index contributed by atoms with van der Waals surface area (Å²) in [5, 5.41) is 13.1. The van der Waals surface area contributed by atoms with Crippen molar-refractivity contribution in [3.63, 3.8) is 0 Å². The fourth-order valence-electron chi connectivity index (χ4n) is 2.77. The molecule has 1 saturated heterocycles. The molecular formula is C12H24N2O. The first-order chi connectivity index (χ1) is 7.36. The fraction of sp³-hybridized carbons (Fsp3) is 1.00. The summed E-state index contributed by atoms with van der Waals surface area (Å²) >= 11 is 0. The van der Waals surface area contributed by atoms with Crippen molar-refractivity contribution in [2.24, 2.45) is 0 Å². The minimum absolute atomic E-state index is 0.0863. The van der Waals surface area contributed by atoms with Gasteiger partial charge < -0.3 is 15.3 Å². The Morgan fingerprint density at radius 2 is 1.93 bits per heavy atom. The molecule has 0 spiro atoms. The molecule has 1 aliphatic carbocycles. The summed E-state index contributed by atoms with van der Waals surface area (Å²) in [5.74, 6) is 0. The lowest BCUT2D eigenvalue weighted by molar-refractivity contribution is 0.148. The molecule has 0 aromatic heterocycles. The molecule has 0 unspecified atom stereocenters. The van der Waals surface area contributed by atoms with E-state index < -0.39 is 0 Å². The maximum atomic E-state index is 9.63. The van der Waals surface area contributed by atoms with Crippen LogP contribution >= 0.6 is 0 Å². The topological polar surface area (TPSA) is 35.5 Å². The van der Waals surface area contributed by atoms with E-state index in [-0.39, 0.29) is 6.10 Å². The minimum atomic E-state index is -0.0863. The van der Waals surface area contributed by atoms with Gasteiger partial charge in [-0.2, -0.15) is 0 Å². The summed E-state index contributed by atoms with van der Waals surface area (Å²) in [6, 6.07) is 0.378. The van der Waals surface area contributed by atoms with Gasteiger partial charge in [-0.3, -0.25) is 0 Å². The van der Waals surface area contributed by atoms with Crippen LogP contribution in [-0.4, -0.2) is 48.3 Å². The zero-order valence-electron chi connectivity index (χ0n) is 9.62. The molecule has 2 atom stereocenters. The molecule has 88 valence electrons. The average molecular weight is 212 g/mol. The SMILES string of the molecule is O[C@@H]1CCC[C@H]1NCCCN1CCCC1.